The van der Waals surface area contributed by atoms with Crippen LogP contribution in [-0.2, 0) is 16.1 Å². The largest absolute Gasteiger partial charge is 0.462 e. The van der Waals surface area contributed by atoms with Gasteiger partial charge in [-0.2, -0.15) is 5.26 Å². The second kappa shape index (κ2) is 8.18. The first-order valence-corrected chi connectivity index (χ1v) is 8.63. The van der Waals surface area contributed by atoms with E-state index in [1.807, 2.05) is 41.1 Å². The molecule has 0 fully saturated rings. The number of carbonyl (C=O) groups excluding carboxylic acids is 1. The highest BCUT2D eigenvalue weighted by molar-refractivity contribution is 6.01. The number of ether oxygens (including phenoxy) is 1. The van der Waals surface area contributed by atoms with Gasteiger partial charge in [-0.1, -0.05) is 30.3 Å². The molecule has 0 aliphatic rings. The number of hydrogen-bond acceptors (Lipinski definition) is 5. The minimum atomic E-state index is -0.655. The molecule has 3 aromatic rings. The third-order valence-electron chi connectivity index (χ3n) is 4.24. The van der Waals surface area contributed by atoms with Gasteiger partial charge in [-0.3, -0.25) is 10.1 Å². The molecule has 0 amide bonds. The zero-order valence-electron chi connectivity index (χ0n) is 15.2. The van der Waals surface area contributed by atoms with Gasteiger partial charge in [0.25, 0.3) is 5.69 Å². The van der Waals surface area contributed by atoms with Gasteiger partial charge in [-0.05, 0) is 24.6 Å². The van der Waals surface area contributed by atoms with Crippen molar-refractivity contribution in [2.24, 2.45) is 0 Å². The fraction of sp³-hybridized carbons (Fsp3) is 0.143. The van der Waals surface area contributed by atoms with E-state index in [0.717, 1.165) is 22.0 Å². The van der Waals surface area contributed by atoms with Crippen LogP contribution in [0.3, 0.4) is 0 Å². The molecule has 0 bridgehead atoms. The van der Waals surface area contributed by atoms with E-state index in [2.05, 4.69) is 0 Å². The Morgan fingerprint density at radius 1 is 1.25 bits per heavy atom. The van der Waals surface area contributed by atoms with Gasteiger partial charge in [0.05, 0.1) is 11.5 Å². The highest BCUT2D eigenvalue weighted by Crippen LogP contribution is 2.25. The first-order valence-electron chi connectivity index (χ1n) is 8.63. The fourth-order valence-electron chi connectivity index (χ4n) is 2.94. The summed E-state index contributed by atoms with van der Waals surface area (Å²) < 4.78 is 6.90. The Morgan fingerprint density at radius 3 is 2.61 bits per heavy atom. The summed E-state index contributed by atoms with van der Waals surface area (Å²) in [4.78, 5) is 22.3. The van der Waals surface area contributed by atoms with E-state index in [1.54, 1.807) is 19.1 Å². The van der Waals surface area contributed by atoms with Crippen molar-refractivity contribution in [2.45, 2.75) is 13.5 Å². The van der Waals surface area contributed by atoms with Crippen molar-refractivity contribution in [3.8, 4) is 6.07 Å². The van der Waals surface area contributed by atoms with Gasteiger partial charge >= 0.3 is 5.97 Å². The molecule has 3 rings (SSSR count). The van der Waals surface area contributed by atoms with Crippen LogP contribution in [0.1, 0.15) is 18.1 Å². The lowest BCUT2D eigenvalue weighted by Crippen LogP contribution is -2.05. The van der Waals surface area contributed by atoms with Crippen molar-refractivity contribution < 1.29 is 14.5 Å². The molecule has 0 radical (unpaired) electrons. The summed E-state index contributed by atoms with van der Waals surface area (Å²) in [7, 11) is 0. The Hall–Kier alpha value is -3.92. The van der Waals surface area contributed by atoms with E-state index in [-0.39, 0.29) is 17.9 Å². The van der Waals surface area contributed by atoms with Gasteiger partial charge in [-0.15, -0.1) is 0 Å². The SMILES string of the molecule is CCOC(=O)/C(C#N)=C/c1cn(Cc2ccc([N+](=O)[O-])cc2)c2ccccc12. The minimum absolute atomic E-state index is 0.0397. The number of para-hydroxylation sites is 1. The van der Waals surface area contributed by atoms with Crippen LogP contribution in [0, 0.1) is 21.4 Å². The molecule has 0 saturated carbocycles. The van der Waals surface area contributed by atoms with Crippen LogP contribution in [0.25, 0.3) is 17.0 Å². The molecule has 7 nitrogen and oxygen atoms in total. The molecule has 2 aromatic carbocycles. The maximum Gasteiger partial charge on any atom is 0.348 e. The molecule has 0 spiro atoms. The first kappa shape index (κ1) is 18.9. The number of carbonyl (C=O) groups is 1. The third kappa shape index (κ3) is 3.91. The Bertz CT molecular complexity index is 1100. The second-order valence-corrected chi connectivity index (χ2v) is 6.04. The number of aromatic nitrogens is 1. The number of hydrogen-bond donors (Lipinski definition) is 0. The third-order valence-corrected chi connectivity index (χ3v) is 4.24. The normalized spacial score (nSPS) is 11.2. The van der Waals surface area contributed by atoms with E-state index in [4.69, 9.17) is 4.74 Å². The number of nitriles is 1. The number of rotatable bonds is 6. The quantitative estimate of drug-likeness (QED) is 0.213. The van der Waals surface area contributed by atoms with E-state index < -0.39 is 10.9 Å². The Balaban J connectivity index is 2.00. The standard InChI is InChI=1S/C21H17N3O4/c1-2-28-21(25)16(12-22)11-17-14-23(20-6-4-3-5-19(17)20)13-15-7-9-18(10-8-15)24(26)27/h3-11,14H,2,13H2,1H3/b16-11+. The van der Waals surface area contributed by atoms with Crippen molar-refractivity contribution in [2.75, 3.05) is 6.61 Å². The molecule has 0 aliphatic carbocycles. The molecule has 0 atom stereocenters. The molecular weight excluding hydrogens is 358 g/mol. The van der Waals surface area contributed by atoms with E-state index >= 15 is 0 Å². The van der Waals surface area contributed by atoms with Gasteiger partial charge in [-0.25, -0.2) is 4.79 Å². The van der Waals surface area contributed by atoms with Gasteiger partial charge in [0.15, 0.2) is 0 Å². The molecule has 0 N–H and O–H groups in total. The molecule has 1 heterocycles. The Morgan fingerprint density at radius 2 is 1.96 bits per heavy atom. The van der Waals surface area contributed by atoms with Gasteiger partial charge in [0.1, 0.15) is 11.6 Å². The smallest absolute Gasteiger partial charge is 0.348 e. The van der Waals surface area contributed by atoms with Crippen molar-refractivity contribution in [1.82, 2.24) is 4.57 Å². The second-order valence-electron chi connectivity index (χ2n) is 6.04. The molecule has 7 heteroatoms. The van der Waals surface area contributed by atoms with E-state index in [0.29, 0.717) is 6.54 Å². The lowest BCUT2D eigenvalue weighted by atomic mass is 10.1. The van der Waals surface area contributed by atoms with Crippen LogP contribution in [0.15, 0.2) is 60.3 Å². The number of non-ortho nitro benzene ring substituents is 1. The van der Waals surface area contributed by atoms with Gasteiger partial charge < -0.3 is 9.30 Å². The van der Waals surface area contributed by atoms with Crippen LogP contribution < -0.4 is 0 Å². The summed E-state index contributed by atoms with van der Waals surface area (Å²) in [5.41, 5.74) is 2.51. The summed E-state index contributed by atoms with van der Waals surface area (Å²) >= 11 is 0. The number of nitro groups is 1. The van der Waals surface area contributed by atoms with Crippen LogP contribution in [0.4, 0.5) is 5.69 Å². The summed E-state index contributed by atoms with van der Waals surface area (Å²) in [5, 5.41) is 21.0. The van der Waals surface area contributed by atoms with Crippen molar-refractivity contribution in [1.29, 1.82) is 5.26 Å². The van der Waals surface area contributed by atoms with Crippen molar-refractivity contribution in [3.05, 3.63) is 81.5 Å². The predicted octanol–water partition coefficient (Wildman–Crippen LogP) is 4.07. The van der Waals surface area contributed by atoms with Crippen LogP contribution in [0.2, 0.25) is 0 Å². The zero-order valence-corrected chi connectivity index (χ0v) is 15.2. The van der Waals surface area contributed by atoms with Crippen molar-refractivity contribution >= 4 is 28.6 Å². The molecule has 28 heavy (non-hydrogen) atoms. The monoisotopic (exact) mass is 375 g/mol. The lowest BCUT2D eigenvalue weighted by Gasteiger charge is -2.05. The number of fused-ring (bicyclic) bond motifs is 1. The molecule has 1 aromatic heterocycles. The summed E-state index contributed by atoms with van der Waals surface area (Å²) in [5.74, 6) is -0.655. The number of benzene rings is 2. The average Bonchev–Trinajstić information content (AvgIpc) is 3.04. The average molecular weight is 375 g/mol. The lowest BCUT2D eigenvalue weighted by molar-refractivity contribution is -0.384. The highest BCUT2D eigenvalue weighted by atomic mass is 16.6. The van der Waals surface area contributed by atoms with Crippen LogP contribution >= 0.6 is 0 Å². The number of nitro benzene ring substituents is 1. The number of esters is 1. The first-order chi connectivity index (χ1) is 13.5. The van der Waals surface area contributed by atoms with Gasteiger partial charge in [0.2, 0.25) is 0 Å². The maximum atomic E-state index is 11.9. The topological polar surface area (TPSA) is 98.2 Å². The summed E-state index contributed by atoms with van der Waals surface area (Å²) in [6.45, 7) is 2.37. The van der Waals surface area contributed by atoms with Crippen molar-refractivity contribution in [3.63, 3.8) is 0 Å². The summed E-state index contributed by atoms with van der Waals surface area (Å²) in [6.07, 6.45) is 3.37. The molecule has 0 unspecified atom stereocenters. The van der Waals surface area contributed by atoms with E-state index in [9.17, 15) is 20.2 Å². The van der Waals surface area contributed by atoms with Crippen LogP contribution in [-0.4, -0.2) is 22.1 Å². The highest BCUT2D eigenvalue weighted by Gasteiger charge is 2.13. The predicted molar refractivity (Wildman–Crippen MR) is 104 cm³/mol. The fourth-order valence-corrected chi connectivity index (χ4v) is 2.94. The summed E-state index contributed by atoms with van der Waals surface area (Å²) in [6, 6.07) is 15.9. The molecular formula is C21H17N3O4. The Kier molecular flexibility index (Phi) is 5.51. The van der Waals surface area contributed by atoms with E-state index in [1.165, 1.54) is 18.2 Å². The molecule has 0 saturated heterocycles. The number of nitrogens with zero attached hydrogens (tertiary/aromatic N) is 3. The molecule has 140 valence electrons. The maximum absolute atomic E-state index is 11.9. The Labute approximate surface area is 161 Å². The van der Waals surface area contributed by atoms with Gasteiger partial charge in [0, 0.05) is 41.3 Å². The van der Waals surface area contributed by atoms with Crippen LogP contribution in [0.5, 0.6) is 0 Å². The minimum Gasteiger partial charge on any atom is -0.462 e. The molecule has 0 aliphatic heterocycles. The zero-order chi connectivity index (χ0) is 20.1.